The van der Waals surface area contributed by atoms with Gasteiger partial charge in [-0.05, 0) is 29.7 Å². The molecule has 1 N–H and O–H groups in total. The Morgan fingerprint density at radius 2 is 1.95 bits per heavy atom. The lowest BCUT2D eigenvalue weighted by molar-refractivity contribution is -0.0396. The lowest BCUT2D eigenvalue weighted by Crippen LogP contribution is -2.43. The number of hydrogen-bond donors (Lipinski definition) is 1. The fourth-order valence-corrected chi connectivity index (χ4v) is 2.08. The molecular formula is C15H20ClN3O2. The number of rotatable bonds is 5. The number of aliphatic hydroxyl groups is 1. The predicted octanol–water partition coefficient (Wildman–Crippen LogP) is 2.79. The highest BCUT2D eigenvalue weighted by atomic mass is 35.5. The predicted molar refractivity (Wildman–Crippen MR) is 81.4 cm³/mol. The third kappa shape index (κ3) is 4.44. The first kappa shape index (κ1) is 15.8. The normalized spacial score (nSPS) is 14.7. The van der Waals surface area contributed by atoms with E-state index in [4.69, 9.17) is 16.3 Å². The first-order valence-corrected chi connectivity index (χ1v) is 7.17. The highest BCUT2D eigenvalue weighted by molar-refractivity contribution is 6.30. The minimum atomic E-state index is -0.655. The average Bonchev–Trinajstić information content (AvgIpc) is 2.91. The third-order valence-electron chi connectivity index (χ3n) is 3.17. The van der Waals surface area contributed by atoms with E-state index in [1.54, 1.807) is 35.3 Å². The summed E-state index contributed by atoms with van der Waals surface area (Å²) in [5.41, 5.74) is -0.308. The van der Waals surface area contributed by atoms with Gasteiger partial charge in [-0.25, -0.2) is 9.67 Å². The first-order valence-electron chi connectivity index (χ1n) is 6.79. The molecule has 1 heterocycles. The molecule has 2 atom stereocenters. The molecule has 0 aliphatic carbocycles. The van der Waals surface area contributed by atoms with Gasteiger partial charge < -0.3 is 9.84 Å². The van der Waals surface area contributed by atoms with Crippen LogP contribution in [0.2, 0.25) is 5.02 Å². The molecule has 2 unspecified atom stereocenters. The summed E-state index contributed by atoms with van der Waals surface area (Å²) >= 11 is 5.87. The highest BCUT2D eigenvalue weighted by Gasteiger charge is 2.32. The Balaban J connectivity index is 2.16. The zero-order valence-corrected chi connectivity index (χ0v) is 13.2. The molecule has 0 aliphatic heterocycles. The van der Waals surface area contributed by atoms with Crippen LogP contribution in [0.4, 0.5) is 0 Å². The number of ether oxygens (including phenoxy) is 1. The summed E-state index contributed by atoms with van der Waals surface area (Å²) in [5.74, 6) is 0.660. The van der Waals surface area contributed by atoms with Crippen molar-refractivity contribution in [1.82, 2.24) is 14.8 Å². The van der Waals surface area contributed by atoms with Gasteiger partial charge in [-0.15, -0.1) is 0 Å². The van der Waals surface area contributed by atoms with Crippen molar-refractivity contribution in [3.8, 4) is 5.75 Å². The van der Waals surface area contributed by atoms with Crippen LogP contribution in [0.3, 0.4) is 0 Å². The monoisotopic (exact) mass is 309 g/mol. The molecule has 5 nitrogen and oxygen atoms in total. The molecule has 2 rings (SSSR count). The van der Waals surface area contributed by atoms with Gasteiger partial charge in [-0.1, -0.05) is 32.4 Å². The molecule has 114 valence electrons. The zero-order valence-electron chi connectivity index (χ0n) is 12.4. The van der Waals surface area contributed by atoms with Gasteiger partial charge >= 0.3 is 0 Å². The lowest BCUT2D eigenvalue weighted by atomic mass is 9.85. The Kier molecular flexibility index (Phi) is 4.85. The summed E-state index contributed by atoms with van der Waals surface area (Å²) in [5, 5.41) is 15.3. The maximum atomic E-state index is 10.5. The molecule has 0 bridgehead atoms. The van der Waals surface area contributed by atoms with Gasteiger partial charge in [0, 0.05) is 5.02 Å². The van der Waals surface area contributed by atoms with E-state index >= 15 is 0 Å². The Hall–Kier alpha value is -1.59. The van der Waals surface area contributed by atoms with Crippen LogP contribution in [0.5, 0.6) is 5.75 Å². The Morgan fingerprint density at radius 1 is 1.29 bits per heavy atom. The number of aliphatic hydroxyl groups excluding tert-OH is 1. The fraction of sp³-hybridized carbons (Fsp3) is 0.467. The number of benzene rings is 1. The summed E-state index contributed by atoms with van der Waals surface area (Å²) in [6.45, 7) is 6.33. The minimum Gasteiger partial charge on any atom is -0.486 e. The summed E-state index contributed by atoms with van der Waals surface area (Å²) in [6.07, 6.45) is 1.97. The quantitative estimate of drug-likeness (QED) is 0.922. The summed E-state index contributed by atoms with van der Waals surface area (Å²) in [7, 11) is 0. The average molecular weight is 310 g/mol. The van der Waals surface area contributed by atoms with Gasteiger partial charge in [0.1, 0.15) is 24.5 Å². The molecule has 6 heteroatoms. The van der Waals surface area contributed by atoms with Crippen LogP contribution < -0.4 is 4.74 Å². The molecule has 1 aromatic carbocycles. The number of halogens is 1. The van der Waals surface area contributed by atoms with E-state index in [0.717, 1.165) is 0 Å². The van der Waals surface area contributed by atoms with Crippen LogP contribution in [0.15, 0.2) is 36.9 Å². The second kappa shape index (κ2) is 6.45. The van der Waals surface area contributed by atoms with Crippen LogP contribution >= 0.6 is 11.6 Å². The van der Waals surface area contributed by atoms with Crippen molar-refractivity contribution in [2.45, 2.75) is 39.5 Å². The molecule has 21 heavy (non-hydrogen) atoms. The van der Waals surface area contributed by atoms with E-state index in [2.05, 4.69) is 10.1 Å². The van der Waals surface area contributed by atoms with Crippen LogP contribution in [-0.4, -0.2) is 32.1 Å². The van der Waals surface area contributed by atoms with E-state index in [1.807, 2.05) is 20.8 Å². The van der Waals surface area contributed by atoms with Crippen molar-refractivity contribution in [3.05, 3.63) is 41.9 Å². The molecule has 0 saturated heterocycles. The molecule has 1 aromatic heterocycles. The van der Waals surface area contributed by atoms with Gasteiger partial charge in [-0.2, -0.15) is 5.10 Å². The molecule has 0 fully saturated rings. The Labute approximate surface area is 129 Å². The summed E-state index contributed by atoms with van der Waals surface area (Å²) < 4.78 is 7.58. The molecule has 0 saturated carbocycles. The van der Waals surface area contributed by atoms with Gasteiger partial charge in [0.05, 0.1) is 12.6 Å². The van der Waals surface area contributed by atoms with Crippen LogP contribution in [0, 0.1) is 5.41 Å². The second-order valence-corrected chi connectivity index (χ2v) is 6.48. The maximum absolute atomic E-state index is 10.5. The molecular weight excluding hydrogens is 290 g/mol. The smallest absolute Gasteiger partial charge is 0.144 e. The van der Waals surface area contributed by atoms with Gasteiger partial charge in [0.15, 0.2) is 0 Å². The number of nitrogens with zero attached hydrogens (tertiary/aromatic N) is 3. The summed E-state index contributed by atoms with van der Waals surface area (Å²) in [4.78, 5) is 3.91. The van der Waals surface area contributed by atoms with Crippen LogP contribution in [0.25, 0.3) is 0 Å². The van der Waals surface area contributed by atoms with Crippen molar-refractivity contribution >= 4 is 11.6 Å². The number of aromatic nitrogens is 3. The Bertz CT molecular complexity index is 549. The molecule has 0 spiro atoms. The van der Waals surface area contributed by atoms with Crippen LogP contribution in [-0.2, 0) is 6.54 Å². The minimum absolute atomic E-state index is 0.308. The van der Waals surface area contributed by atoms with E-state index in [9.17, 15) is 5.11 Å². The highest BCUT2D eigenvalue weighted by Crippen LogP contribution is 2.26. The van der Waals surface area contributed by atoms with Crippen LogP contribution in [0.1, 0.15) is 20.8 Å². The second-order valence-electron chi connectivity index (χ2n) is 6.04. The van der Waals surface area contributed by atoms with Crippen molar-refractivity contribution in [2.75, 3.05) is 0 Å². The molecule has 0 radical (unpaired) electrons. The molecule has 2 aromatic rings. The van der Waals surface area contributed by atoms with E-state index in [-0.39, 0.29) is 5.41 Å². The fourth-order valence-electron chi connectivity index (χ4n) is 1.96. The SMILES string of the molecule is CC(C)(C)C(O)C(Cn1cncn1)Oc1ccc(Cl)cc1. The maximum Gasteiger partial charge on any atom is 0.144 e. The molecule has 0 aliphatic rings. The first-order chi connectivity index (χ1) is 9.86. The Morgan fingerprint density at radius 3 is 2.48 bits per heavy atom. The zero-order chi connectivity index (χ0) is 15.5. The van der Waals surface area contributed by atoms with Gasteiger partial charge in [0.2, 0.25) is 0 Å². The van der Waals surface area contributed by atoms with Crippen molar-refractivity contribution < 1.29 is 9.84 Å². The lowest BCUT2D eigenvalue weighted by Gasteiger charge is -2.33. The number of hydrogen-bond acceptors (Lipinski definition) is 4. The largest absolute Gasteiger partial charge is 0.486 e. The van der Waals surface area contributed by atoms with Gasteiger partial charge in [0.25, 0.3) is 0 Å². The topological polar surface area (TPSA) is 60.2 Å². The van der Waals surface area contributed by atoms with E-state index < -0.39 is 12.2 Å². The molecule has 0 amide bonds. The third-order valence-corrected chi connectivity index (χ3v) is 3.43. The summed E-state index contributed by atoms with van der Waals surface area (Å²) in [6, 6.07) is 7.08. The van der Waals surface area contributed by atoms with Crippen molar-refractivity contribution in [3.63, 3.8) is 0 Å². The van der Waals surface area contributed by atoms with E-state index in [1.165, 1.54) is 6.33 Å². The van der Waals surface area contributed by atoms with Crippen molar-refractivity contribution in [2.24, 2.45) is 5.41 Å². The standard InChI is InChI=1S/C15H20ClN3O2/c1-15(2,3)14(20)13(8-19-10-17-9-18-19)21-12-6-4-11(16)5-7-12/h4-7,9-10,13-14,20H,8H2,1-3H3. The van der Waals surface area contributed by atoms with Gasteiger partial charge in [-0.3, -0.25) is 0 Å². The van der Waals surface area contributed by atoms with Crippen molar-refractivity contribution in [1.29, 1.82) is 0 Å². The van der Waals surface area contributed by atoms with E-state index in [0.29, 0.717) is 17.3 Å².